The number of nitriles is 1. The Morgan fingerprint density at radius 2 is 1.94 bits per heavy atom. The van der Waals surface area contributed by atoms with Crippen LogP contribution in [-0.2, 0) is 11.8 Å². The van der Waals surface area contributed by atoms with Crippen LogP contribution in [0.1, 0.15) is 69.3 Å². The van der Waals surface area contributed by atoms with Gasteiger partial charge in [-0.15, -0.1) is 0 Å². The van der Waals surface area contributed by atoms with Gasteiger partial charge in [0.15, 0.2) is 5.82 Å². The number of carbonyl (C=O) groups excluding carboxylic acids is 1. The number of nitrogens with two attached hydrogens (primary N) is 2. The summed E-state index contributed by atoms with van der Waals surface area (Å²) in [4.78, 5) is 27.4. The van der Waals surface area contributed by atoms with Gasteiger partial charge in [0.25, 0.3) is 0 Å². The SMILES string of the molecule is C[C@H](Nc1nc(N)nc(N)c1C#N)c1nc2ccn(C)c2cc1C1CCN(C(=O)OC(C)(C)C)CC1. The van der Waals surface area contributed by atoms with E-state index in [1.165, 1.54) is 0 Å². The number of aromatic nitrogens is 4. The first-order chi connectivity index (χ1) is 17.0. The minimum atomic E-state index is -0.528. The number of ether oxygens (including phenoxy) is 1. The molecule has 11 nitrogen and oxygen atoms in total. The maximum absolute atomic E-state index is 12.6. The zero-order valence-electron chi connectivity index (χ0n) is 21.4. The number of aryl methyl sites for hydroxylation is 1. The van der Waals surface area contributed by atoms with Crippen molar-refractivity contribution >= 4 is 34.7 Å². The Hall–Kier alpha value is -4.07. The van der Waals surface area contributed by atoms with Crippen LogP contribution in [0.25, 0.3) is 11.0 Å². The fraction of sp³-hybridized carbons (Fsp3) is 0.480. The van der Waals surface area contributed by atoms with Crippen molar-refractivity contribution < 1.29 is 9.53 Å². The number of anilines is 3. The van der Waals surface area contributed by atoms with Crippen molar-refractivity contribution in [3.8, 4) is 6.07 Å². The smallest absolute Gasteiger partial charge is 0.410 e. The van der Waals surface area contributed by atoms with Crippen LogP contribution in [0.3, 0.4) is 0 Å². The van der Waals surface area contributed by atoms with Crippen molar-refractivity contribution in [2.45, 2.75) is 58.1 Å². The van der Waals surface area contributed by atoms with E-state index >= 15 is 0 Å². The van der Waals surface area contributed by atoms with Crippen LogP contribution < -0.4 is 16.8 Å². The first-order valence-electron chi connectivity index (χ1n) is 12.0. The molecule has 190 valence electrons. The van der Waals surface area contributed by atoms with Gasteiger partial charge in [-0.05, 0) is 64.2 Å². The Bertz CT molecular complexity index is 1330. The fourth-order valence-electron chi connectivity index (χ4n) is 4.57. The number of hydrogen-bond acceptors (Lipinski definition) is 9. The van der Waals surface area contributed by atoms with Gasteiger partial charge >= 0.3 is 6.09 Å². The molecule has 3 aromatic rings. The summed E-state index contributed by atoms with van der Waals surface area (Å²) >= 11 is 0. The molecule has 0 radical (unpaired) electrons. The molecule has 0 bridgehead atoms. The molecule has 36 heavy (non-hydrogen) atoms. The zero-order valence-corrected chi connectivity index (χ0v) is 21.4. The molecule has 0 saturated carbocycles. The average molecular weight is 492 g/mol. The van der Waals surface area contributed by atoms with Crippen molar-refractivity contribution in [1.29, 1.82) is 5.26 Å². The van der Waals surface area contributed by atoms with Crippen molar-refractivity contribution in [2.24, 2.45) is 7.05 Å². The zero-order chi connectivity index (χ0) is 26.2. The predicted octanol–water partition coefficient (Wildman–Crippen LogP) is 3.69. The highest BCUT2D eigenvalue weighted by atomic mass is 16.6. The van der Waals surface area contributed by atoms with E-state index in [9.17, 15) is 10.1 Å². The van der Waals surface area contributed by atoms with Gasteiger partial charge < -0.3 is 31.0 Å². The summed E-state index contributed by atoms with van der Waals surface area (Å²) in [6.45, 7) is 8.78. The number of piperidine rings is 1. The summed E-state index contributed by atoms with van der Waals surface area (Å²) in [5, 5.41) is 12.8. The lowest BCUT2D eigenvalue weighted by Crippen LogP contribution is -2.41. The molecule has 1 aliphatic rings. The fourth-order valence-corrected chi connectivity index (χ4v) is 4.57. The number of carbonyl (C=O) groups is 1. The van der Waals surface area contributed by atoms with E-state index in [4.69, 9.17) is 21.2 Å². The minimum Gasteiger partial charge on any atom is -0.444 e. The first-order valence-corrected chi connectivity index (χ1v) is 12.0. The largest absolute Gasteiger partial charge is 0.444 e. The highest BCUT2D eigenvalue weighted by molar-refractivity contribution is 5.77. The van der Waals surface area contributed by atoms with Crippen LogP contribution in [0.15, 0.2) is 18.3 Å². The summed E-state index contributed by atoms with van der Waals surface area (Å²) in [5.74, 6) is 0.490. The van der Waals surface area contributed by atoms with E-state index < -0.39 is 5.60 Å². The quantitative estimate of drug-likeness (QED) is 0.494. The topological polar surface area (TPSA) is 161 Å². The molecular weight excluding hydrogens is 458 g/mol. The molecular formula is C25H33N9O2. The second-order valence-corrected chi connectivity index (χ2v) is 10.2. The van der Waals surface area contributed by atoms with Gasteiger partial charge in [0.05, 0.1) is 22.8 Å². The Morgan fingerprint density at radius 3 is 2.58 bits per heavy atom. The molecule has 1 saturated heterocycles. The number of fused-ring (bicyclic) bond motifs is 1. The Kier molecular flexibility index (Phi) is 6.63. The van der Waals surface area contributed by atoms with Gasteiger partial charge in [0, 0.05) is 26.3 Å². The minimum absolute atomic E-state index is 0.0117. The van der Waals surface area contributed by atoms with Crippen LogP contribution in [0.4, 0.5) is 22.4 Å². The number of likely N-dealkylation sites (tertiary alicyclic amines) is 1. The van der Waals surface area contributed by atoms with Crippen LogP contribution in [0.2, 0.25) is 0 Å². The maximum Gasteiger partial charge on any atom is 0.410 e. The predicted molar refractivity (Wildman–Crippen MR) is 138 cm³/mol. The van der Waals surface area contributed by atoms with E-state index in [0.717, 1.165) is 35.1 Å². The number of rotatable bonds is 4. The Morgan fingerprint density at radius 1 is 1.25 bits per heavy atom. The third-order valence-electron chi connectivity index (χ3n) is 6.34. The van der Waals surface area contributed by atoms with Crippen LogP contribution in [0, 0.1) is 11.3 Å². The molecule has 1 aliphatic heterocycles. The van der Waals surface area contributed by atoms with Gasteiger partial charge in [-0.3, -0.25) is 0 Å². The number of pyridine rings is 1. The van der Waals surface area contributed by atoms with Crippen molar-refractivity contribution in [3.63, 3.8) is 0 Å². The summed E-state index contributed by atoms with van der Waals surface area (Å²) in [6.07, 6.45) is 3.27. The lowest BCUT2D eigenvalue weighted by Gasteiger charge is -2.34. The summed E-state index contributed by atoms with van der Waals surface area (Å²) < 4.78 is 7.60. The number of nitrogens with zero attached hydrogens (tertiary/aromatic N) is 6. The standard InChI is InChI=1S/C25H33N9O2/c1-14(29-22-17(13-26)21(27)31-23(28)32-22)20-16(12-19-18(30-20)8-9-33(19)5)15-6-10-34(11-7-15)24(35)36-25(2,3)4/h8-9,12,14-15H,6-7,10-11H2,1-5H3,(H5,27,28,29,31,32)/t14-/m0/s1. The van der Waals surface area contributed by atoms with E-state index in [0.29, 0.717) is 13.1 Å². The number of hydrogen-bond donors (Lipinski definition) is 3. The molecule has 3 aromatic heterocycles. The molecule has 4 heterocycles. The van der Waals surface area contributed by atoms with Gasteiger partial charge in [0.1, 0.15) is 23.1 Å². The third kappa shape index (κ3) is 5.12. The van der Waals surface area contributed by atoms with E-state index in [1.54, 1.807) is 4.90 Å². The molecule has 1 fully saturated rings. The van der Waals surface area contributed by atoms with E-state index in [1.807, 2.05) is 57.6 Å². The van der Waals surface area contributed by atoms with Gasteiger partial charge in [-0.2, -0.15) is 15.2 Å². The number of nitrogen functional groups attached to an aromatic ring is 2. The van der Waals surface area contributed by atoms with Crippen LogP contribution >= 0.6 is 0 Å². The number of nitrogens with one attached hydrogen (secondary N) is 1. The highest BCUT2D eigenvalue weighted by Gasteiger charge is 2.30. The summed E-state index contributed by atoms with van der Waals surface area (Å²) in [6, 6.07) is 5.90. The molecule has 0 unspecified atom stereocenters. The van der Waals surface area contributed by atoms with Crippen molar-refractivity contribution in [2.75, 3.05) is 29.9 Å². The molecule has 4 rings (SSSR count). The van der Waals surface area contributed by atoms with Gasteiger partial charge in [-0.25, -0.2) is 9.78 Å². The lowest BCUT2D eigenvalue weighted by atomic mass is 9.86. The molecule has 0 aliphatic carbocycles. The molecule has 0 aromatic carbocycles. The van der Waals surface area contributed by atoms with E-state index in [2.05, 4.69) is 21.4 Å². The molecule has 5 N–H and O–H groups in total. The average Bonchev–Trinajstić information content (AvgIpc) is 3.17. The van der Waals surface area contributed by atoms with Gasteiger partial charge in [0.2, 0.25) is 5.95 Å². The monoisotopic (exact) mass is 491 g/mol. The Balaban J connectivity index is 1.64. The molecule has 1 atom stereocenters. The van der Waals surface area contributed by atoms with Crippen LogP contribution in [0.5, 0.6) is 0 Å². The number of amides is 1. The second kappa shape index (κ2) is 9.53. The summed E-state index contributed by atoms with van der Waals surface area (Å²) in [7, 11) is 1.99. The molecule has 0 spiro atoms. The summed E-state index contributed by atoms with van der Waals surface area (Å²) in [5.41, 5.74) is 15.1. The Labute approximate surface area is 210 Å². The second-order valence-electron chi connectivity index (χ2n) is 10.2. The normalized spacial score (nSPS) is 15.5. The molecule has 11 heteroatoms. The maximum atomic E-state index is 12.6. The van der Waals surface area contributed by atoms with E-state index in [-0.39, 0.29) is 41.2 Å². The lowest BCUT2D eigenvalue weighted by molar-refractivity contribution is 0.0204. The van der Waals surface area contributed by atoms with Crippen molar-refractivity contribution in [1.82, 2.24) is 24.4 Å². The van der Waals surface area contributed by atoms with Crippen molar-refractivity contribution in [3.05, 3.63) is 35.2 Å². The molecule has 1 amide bonds. The van der Waals surface area contributed by atoms with Crippen LogP contribution in [-0.4, -0.2) is 49.2 Å². The third-order valence-corrected chi connectivity index (χ3v) is 6.34. The first kappa shape index (κ1) is 25.0. The highest BCUT2D eigenvalue weighted by Crippen LogP contribution is 2.36. The van der Waals surface area contributed by atoms with Gasteiger partial charge in [-0.1, -0.05) is 0 Å².